The molecule has 0 bridgehead atoms. The quantitative estimate of drug-likeness (QED) is 0.777. The van der Waals surface area contributed by atoms with Crippen LogP contribution in [0, 0.1) is 11.8 Å². The lowest BCUT2D eigenvalue weighted by Gasteiger charge is -2.32. The molecule has 1 aromatic carbocycles. The largest absolute Gasteiger partial charge is 0.494 e. The van der Waals surface area contributed by atoms with Crippen LogP contribution in [0.4, 0.5) is 0 Å². The van der Waals surface area contributed by atoms with Crippen molar-refractivity contribution in [2.24, 2.45) is 11.8 Å². The number of likely N-dealkylation sites (tertiary alicyclic amines) is 1. The fraction of sp³-hybridized carbons (Fsp3) is 0.647. The third kappa shape index (κ3) is 5.23. The van der Waals surface area contributed by atoms with E-state index in [0.717, 1.165) is 24.2 Å². The summed E-state index contributed by atoms with van der Waals surface area (Å²) in [5.41, 5.74) is 0. The number of rotatable bonds is 6. The van der Waals surface area contributed by atoms with E-state index in [1.807, 2.05) is 30.3 Å². The van der Waals surface area contributed by atoms with Crippen molar-refractivity contribution in [3.8, 4) is 5.75 Å². The summed E-state index contributed by atoms with van der Waals surface area (Å²) in [6, 6.07) is 10.1. The van der Waals surface area contributed by atoms with E-state index < -0.39 is 0 Å². The number of hydrogen-bond donors (Lipinski definition) is 1. The molecule has 1 aliphatic rings. The third-order valence-electron chi connectivity index (χ3n) is 4.02. The van der Waals surface area contributed by atoms with E-state index in [2.05, 4.69) is 13.8 Å². The molecule has 1 N–H and O–H groups in total. The Morgan fingerprint density at radius 1 is 1.05 bits per heavy atom. The summed E-state index contributed by atoms with van der Waals surface area (Å²) >= 11 is 0. The van der Waals surface area contributed by atoms with Gasteiger partial charge in [0.15, 0.2) is 0 Å². The van der Waals surface area contributed by atoms with E-state index in [1.54, 1.807) is 4.90 Å². The molecule has 1 saturated heterocycles. The van der Waals surface area contributed by atoms with Crippen molar-refractivity contribution in [3.05, 3.63) is 30.3 Å². The van der Waals surface area contributed by atoms with E-state index in [9.17, 15) is 0 Å². The third-order valence-corrected chi connectivity index (χ3v) is 4.02. The number of benzene rings is 1. The molecule has 0 spiro atoms. The van der Waals surface area contributed by atoms with Gasteiger partial charge in [-0.25, -0.2) is 0 Å². The minimum absolute atomic E-state index is 0.850. The molecule has 0 aromatic heterocycles. The van der Waals surface area contributed by atoms with Crippen LogP contribution in [0.15, 0.2) is 30.3 Å². The summed E-state index contributed by atoms with van der Waals surface area (Å²) in [6.07, 6.45) is 3.86. The maximum absolute atomic E-state index is 5.73. The molecule has 1 aromatic rings. The van der Waals surface area contributed by atoms with Crippen LogP contribution >= 0.6 is 0 Å². The molecule has 2 heteroatoms. The second kappa shape index (κ2) is 7.54. The number of piperidine rings is 1. The maximum Gasteiger partial charge on any atom is 0.119 e. The van der Waals surface area contributed by atoms with Crippen molar-refractivity contribution in [2.45, 2.75) is 33.1 Å². The summed E-state index contributed by atoms with van der Waals surface area (Å²) in [5.74, 6) is 2.80. The topological polar surface area (TPSA) is 13.7 Å². The van der Waals surface area contributed by atoms with Crippen LogP contribution in [-0.4, -0.2) is 26.2 Å². The van der Waals surface area contributed by atoms with Crippen molar-refractivity contribution in [2.75, 3.05) is 26.2 Å². The molecule has 2 nitrogen and oxygen atoms in total. The van der Waals surface area contributed by atoms with Gasteiger partial charge in [0.1, 0.15) is 5.75 Å². The average Bonchev–Trinajstić information content (AvgIpc) is 2.38. The second-order valence-corrected chi connectivity index (χ2v) is 6.22. The molecular formula is C17H28NO+. The number of para-hydroxylation sites is 1. The molecule has 1 aliphatic heterocycles. The Kier molecular flexibility index (Phi) is 5.71. The van der Waals surface area contributed by atoms with Crippen molar-refractivity contribution < 1.29 is 9.64 Å². The zero-order chi connectivity index (χ0) is 13.5. The van der Waals surface area contributed by atoms with Crippen LogP contribution in [0.3, 0.4) is 0 Å². The molecule has 0 amide bonds. The normalized spacial score (nSPS) is 27.2. The van der Waals surface area contributed by atoms with Crippen molar-refractivity contribution in [1.82, 2.24) is 0 Å². The lowest BCUT2D eigenvalue weighted by Crippen LogP contribution is -3.14. The highest BCUT2D eigenvalue weighted by atomic mass is 16.5. The molecule has 1 heterocycles. The molecule has 0 radical (unpaired) electrons. The van der Waals surface area contributed by atoms with Crippen molar-refractivity contribution in [1.29, 1.82) is 0 Å². The van der Waals surface area contributed by atoms with Crippen molar-refractivity contribution in [3.63, 3.8) is 0 Å². The zero-order valence-electron chi connectivity index (χ0n) is 12.4. The van der Waals surface area contributed by atoms with Gasteiger partial charge in [-0.1, -0.05) is 32.0 Å². The number of hydrogen-bond acceptors (Lipinski definition) is 1. The van der Waals surface area contributed by atoms with Gasteiger partial charge in [-0.05, 0) is 31.4 Å². The van der Waals surface area contributed by atoms with Crippen LogP contribution in [0.25, 0.3) is 0 Å². The molecule has 2 rings (SSSR count). The molecule has 2 atom stereocenters. The summed E-state index contributed by atoms with van der Waals surface area (Å²) in [7, 11) is 0. The Hall–Kier alpha value is -1.02. The van der Waals surface area contributed by atoms with Gasteiger partial charge in [0.25, 0.3) is 0 Å². The monoisotopic (exact) mass is 262 g/mol. The van der Waals surface area contributed by atoms with E-state index in [-0.39, 0.29) is 0 Å². The highest BCUT2D eigenvalue weighted by Crippen LogP contribution is 2.12. The van der Waals surface area contributed by atoms with E-state index in [4.69, 9.17) is 4.74 Å². The second-order valence-electron chi connectivity index (χ2n) is 6.22. The highest BCUT2D eigenvalue weighted by Gasteiger charge is 2.24. The minimum Gasteiger partial charge on any atom is -0.494 e. The summed E-state index contributed by atoms with van der Waals surface area (Å²) < 4.78 is 5.73. The van der Waals surface area contributed by atoms with Crippen LogP contribution in [0.2, 0.25) is 0 Å². The van der Waals surface area contributed by atoms with Gasteiger partial charge in [-0.15, -0.1) is 0 Å². The van der Waals surface area contributed by atoms with Gasteiger partial charge in [0.2, 0.25) is 0 Å². The molecular weight excluding hydrogens is 234 g/mol. The Morgan fingerprint density at radius 2 is 1.74 bits per heavy atom. The van der Waals surface area contributed by atoms with Gasteiger partial charge < -0.3 is 9.64 Å². The van der Waals surface area contributed by atoms with Gasteiger partial charge in [-0.3, -0.25) is 0 Å². The van der Waals surface area contributed by atoms with Crippen LogP contribution < -0.4 is 9.64 Å². The van der Waals surface area contributed by atoms with Gasteiger partial charge in [-0.2, -0.15) is 0 Å². The smallest absolute Gasteiger partial charge is 0.119 e. The predicted molar refractivity (Wildman–Crippen MR) is 79.7 cm³/mol. The molecule has 0 unspecified atom stereocenters. The standard InChI is InChI=1S/C17H27NO/c1-15-12-16(2)14-18(13-15)10-6-7-11-19-17-8-4-3-5-9-17/h3-5,8-9,15-16H,6-7,10-14H2,1-2H3/p+1/t15-,16-/m1/s1. The Bertz CT molecular complexity index is 342. The van der Waals surface area contributed by atoms with Crippen LogP contribution in [0.5, 0.6) is 5.75 Å². The summed E-state index contributed by atoms with van der Waals surface area (Å²) in [6.45, 7) is 9.69. The van der Waals surface area contributed by atoms with Gasteiger partial charge >= 0.3 is 0 Å². The summed E-state index contributed by atoms with van der Waals surface area (Å²) in [4.78, 5) is 1.80. The van der Waals surface area contributed by atoms with Crippen LogP contribution in [0.1, 0.15) is 33.1 Å². The predicted octanol–water partition coefficient (Wildman–Crippen LogP) is 2.41. The zero-order valence-corrected chi connectivity index (χ0v) is 12.4. The number of nitrogens with one attached hydrogen (secondary N) is 1. The Labute approximate surface area is 117 Å². The fourth-order valence-electron chi connectivity index (χ4n) is 3.31. The SMILES string of the molecule is C[C@@H]1C[C@@H](C)C[NH+](CCCCOc2ccccc2)C1. The lowest BCUT2D eigenvalue weighted by atomic mass is 9.92. The number of ether oxygens (including phenoxy) is 1. The molecule has 0 saturated carbocycles. The first-order valence-electron chi connectivity index (χ1n) is 7.75. The maximum atomic E-state index is 5.73. The number of unbranched alkanes of at least 4 members (excludes halogenated alkanes) is 1. The highest BCUT2D eigenvalue weighted by molar-refractivity contribution is 5.20. The molecule has 1 fully saturated rings. The first-order valence-corrected chi connectivity index (χ1v) is 7.75. The van der Waals surface area contributed by atoms with Gasteiger partial charge in [0, 0.05) is 11.8 Å². The molecule has 0 aliphatic carbocycles. The van der Waals surface area contributed by atoms with Crippen molar-refractivity contribution >= 4 is 0 Å². The Balaban J connectivity index is 1.57. The molecule has 19 heavy (non-hydrogen) atoms. The summed E-state index contributed by atoms with van der Waals surface area (Å²) in [5, 5.41) is 0. The van der Waals surface area contributed by atoms with Crippen LogP contribution in [-0.2, 0) is 0 Å². The van der Waals surface area contributed by atoms with E-state index in [0.29, 0.717) is 0 Å². The first kappa shape index (κ1) is 14.4. The fourth-order valence-corrected chi connectivity index (χ4v) is 3.31. The number of quaternary nitrogens is 1. The van der Waals surface area contributed by atoms with E-state index in [1.165, 1.54) is 38.9 Å². The average molecular weight is 262 g/mol. The Morgan fingerprint density at radius 3 is 2.42 bits per heavy atom. The minimum atomic E-state index is 0.850. The lowest BCUT2D eigenvalue weighted by molar-refractivity contribution is -0.912. The van der Waals surface area contributed by atoms with Gasteiger partial charge in [0.05, 0.1) is 26.2 Å². The molecule has 106 valence electrons. The first-order chi connectivity index (χ1) is 9.24. The van der Waals surface area contributed by atoms with E-state index >= 15 is 0 Å².